The van der Waals surface area contributed by atoms with Gasteiger partial charge in [-0.05, 0) is 81.0 Å². The molecule has 1 atom stereocenters. The number of hydrogen-bond donors (Lipinski definition) is 4. The van der Waals surface area contributed by atoms with Gasteiger partial charge in [-0.3, -0.25) is 20.4 Å². The molecule has 9 nitrogen and oxygen atoms in total. The van der Waals surface area contributed by atoms with Gasteiger partial charge in [0, 0.05) is 65.4 Å². The molecule has 0 bridgehead atoms. The molecule has 6 rings (SSSR count). The number of aromatic nitrogens is 3. The first-order chi connectivity index (χ1) is 22.8. The Morgan fingerprint density at radius 3 is 2.68 bits per heavy atom. The number of amides is 1. The zero-order valence-corrected chi connectivity index (χ0v) is 26.9. The predicted molar refractivity (Wildman–Crippen MR) is 178 cm³/mol. The minimum atomic E-state index is -2.87. The number of aliphatic hydroxyl groups is 1. The molecular formula is C35H37F2N7O2S. The maximum absolute atomic E-state index is 14.5. The third-order valence-corrected chi connectivity index (χ3v) is 9.63. The van der Waals surface area contributed by atoms with Gasteiger partial charge in [0.1, 0.15) is 0 Å². The molecule has 0 spiro atoms. The molecule has 4 heterocycles. The summed E-state index contributed by atoms with van der Waals surface area (Å²) in [6.45, 7) is 5.49. The molecule has 1 fully saturated rings. The van der Waals surface area contributed by atoms with Gasteiger partial charge >= 0.3 is 0 Å². The molecule has 2 aromatic heterocycles. The maximum atomic E-state index is 14.5. The van der Waals surface area contributed by atoms with Crippen LogP contribution in [-0.2, 0) is 24.3 Å². The van der Waals surface area contributed by atoms with E-state index in [0.717, 1.165) is 68.7 Å². The fraction of sp³-hybridized carbons (Fsp3) is 0.371. The van der Waals surface area contributed by atoms with Crippen LogP contribution in [0, 0.1) is 23.2 Å². The first kappa shape index (κ1) is 32.5. The van der Waals surface area contributed by atoms with Gasteiger partial charge in [0.15, 0.2) is 11.2 Å². The van der Waals surface area contributed by atoms with Crippen molar-refractivity contribution in [1.29, 1.82) is 5.41 Å². The number of anilines is 1. The third kappa shape index (κ3) is 7.43. The summed E-state index contributed by atoms with van der Waals surface area (Å²) >= 11 is 1.27. The van der Waals surface area contributed by atoms with Crippen LogP contribution < -0.4 is 10.6 Å². The molecule has 12 heteroatoms. The Bertz CT molecular complexity index is 1770. The predicted octanol–water partition coefficient (Wildman–Crippen LogP) is 5.24. The number of carbonyl (C=O) groups excluding carboxylic acids is 1. The van der Waals surface area contributed by atoms with E-state index in [-0.39, 0.29) is 23.5 Å². The molecule has 244 valence electrons. The van der Waals surface area contributed by atoms with Gasteiger partial charge in [0.05, 0.1) is 17.7 Å². The fourth-order valence-corrected chi connectivity index (χ4v) is 6.69. The summed E-state index contributed by atoms with van der Waals surface area (Å²) in [5.74, 6) is 6.05. The molecule has 1 unspecified atom stereocenters. The number of rotatable bonds is 9. The monoisotopic (exact) mass is 657 g/mol. The second-order valence-corrected chi connectivity index (χ2v) is 12.9. The van der Waals surface area contributed by atoms with Crippen molar-refractivity contribution in [3.05, 3.63) is 99.3 Å². The Balaban J connectivity index is 1.19. The van der Waals surface area contributed by atoms with E-state index in [1.54, 1.807) is 24.8 Å². The van der Waals surface area contributed by atoms with Gasteiger partial charge in [0.2, 0.25) is 0 Å². The van der Waals surface area contributed by atoms with Crippen LogP contribution in [0.4, 0.5) is 13.9 Å². The van der Waals surface area contributed by atoms with E-state index in [4.69, 9.17) is 5.41 Å². The quantitative estimate of drug-likeness (QED) is 0.234. The van der Waals surface area contributed by atoms with Gasteiger partial charge in [0.25, 0.3) is 12.3 Å². The lowest BCUT2D eigenvalue weighted by atomic mass is 9.87. The number of imidazole rings is 1. The molecule has 4 N–H and O–H groups in total. The van der Waals surface area contributed by atoms with Crippen LogP contribution in [0.3, 0.4) is 0 Å². The molecule has 47 heavy (non-hydrogen) atoms. The summed E-state index contributed by atoms with van der Waals surface area (Å²) < 4.78 is 30.9. The standard InChI is InChI=1S/C35H37F2N7O2S/c1-22-26(9-8-23-4-6-24(7-5-23)19-43-14-10-25(20-45)11-15-43)17-27(33(36)37)28(30(22)38)18-40-32(34(46)42-35-39-12-16-47-35)31-29-3-2-13-44(29)21-41-31/h4-7,12,16-18,21,25,32-33,38,40,45H,2-3,10-11,13-15,19-20H2,1H3,(H,39,42,46)/b28-18-,38-30?. The highest BCUT2D eigenvalue weighted by Gasteiger charge is 2.31. The number of benzene rings is 1. The van der Waals surface area contributed by atoms with Crippen LogP contribution in [0.25, 0.3) is 0 Å². The van der Waals surface area contributed by atoms with Gasteiger partial charge in [-0.2, -0.15) is 0 Å². The van der Waals surface area contributed by atoms with Crippen molar-refractivity contribution in [2.75, 3.05) is 25.0 Å². The van der Waals surface area contributed by atoms with Gasteiger partial charge in [-0.25, -0.2) is 18.7 Å². The van der Waals surface area contributed by atoms with E-state index in [1.165, 1.54) is 23.6 Å². The van der Waals surface area contributed by atoms with Crippen LogP contribution in [0.5, 0.6) is 0 Å². The number of alkyl halides is 2. The molecule has 0 saturated carbocycles. The first-order valence-corrected chi connectivity index (χ1v) is 16.6. The summed E-state index contributed by atoms with van der Waals surface area (Å²) in [5, 5.41) is 26.2. The summed E-state index contributed by atoms with van der Waals surface area (Å²) in [7, 11) is 0. The lowest BCUT2D eigenvalue weighted by Gasteiger charge is -2.31. The van der Waals surface area contributed by atoms with E-state index in [9.17, 15) is 18.7 Å². The first-order valence-electron chi connectivity index (χ1n) is 15.8. The molecule has 1 aromatic carbocycles. The molecular weight excluding hydrogens is 620 g/mol. The van der Waals surface area contributed by atoms with Crippen molar-refractivity contribution in [2.45, 2.75) is 58.2 Å². The average molecular weight is 658 g/mol. The highest BCUT2D eigenvalue weighted by molar-refractivity contribution is 7.13. The number of fused-ring (bicyclic) bond motifs is 1. The van der Waals surface area contributed by atoms with Crippen LogP contribution in [-0.4, -0.2) is 62.3 Å². The van der Waals surface area contributed by atoms with Gasteiger partial charge in [-0.15, -0.1) is 11.3 Å². The maximum Gasteiger partial charge on any atom is 0.264 e. The minimum absolute atomic E-state index is 0.00155. The van der Waals surface area contributed by atoms with Crippen molar-refractivity contribution < 1.29 is 18.7 Å². The van der Waals surface area contributed by atoms with E-state index in [2.05, 4.69) is 37.3 Å². The van der Waals surface area contributed by atoms with Crippen LogP contribution in [0.15, 0.2) is 76.7 Å². The van der Waals surface area contributed by atoms with Gasteiger partial charge < -0.3 is 15.0 Å². The Morgan fingerprint density at radius 2 is 1.98 bits per heavy atom. The Hall–Kier alpha value is -4.44. The van der Waals surface area contributed by atoms with Crippen molar-refractivity contribution >= 4 is 28.1 Å². The van der Waals surface area contributed by atoms with Crippen LogP contribution in [0.1, 0.15) is 54.7 Å². The second kappa shape index (κ2) is 14.5. The normalized spacial score (nSPS) is 18.6. The zero-order chi connectivity index (χ0) is 32.9. The number of carbonyl (C=O) groups is 1. The number of nitrogens with one attached hydrogen (secondary N) is 3. The van der Waals surface area contributed by atoms with E-state index in [0.29, 0.717) is 27.9 Å². The smallest absolute Gasteiger partial charge is 0.264 e. The zero-order valence-electron chi connectivity index (χ0n) is 26.1. The Labute approximate surface area is 276 Å². The van der Waals surface area contributed by atoms with Crippen LogP contribution in [0.2, 0.25) is 0 Å². The number of hydrogen-bond acceptors (Lipinski definition) is 8. The van der Waals surface area contributed by atoms with Crippen molar-refractivity contribution in [2.24, 2.45) is 5.92 Å². The summed E-state index contributed by atoms with van der Waals surface area (Å²) in [4.78, 5) is 24.4. The molecule has 3 aromatic rings. The highest BCUT2D eigenvalue weighted by Crippen LogP contribution is 2.31. The molecule has 2 aliphatic heterocycles. The van der Waals surface area contributed by atoms with Crippen LogP contribution >= 0.6 is 11.3 Å². The van der Waals surface area contributed by atoms with Crippen molar-refractivity contribution in [3.8, 4) is 11.8 Å². The largest absolute Gasteiger partial charge is 0.396 e. The summed E-state index contributed by atoms with van der Waals surface area (Å²) in [5.41, 5.74) is 3.73. The number of nitrogens with zero attached hydrogens (tertiary/aromatic N) is 4. The topological polar surface area (TPSA) is 119 Å². The fourth-order valence-electron chi connectivity index (χ4n) is 6.16. The molecule has 1 saturated heterocycles. The number of likely N-dealkylation sites (tertiary alicyclic amines) is 1. The average Bonchev–Trinajstić information content (AvgIpc) is 3.84. The van der Waals surface area contributed by atoms with Crippen molar-refractivity contribution in [3.63, 3.8) is 0 Å². The summed E-state index contributed by atoms with van der Waals surface area (Å²) in [6.07, 6.45) is 6.75. The Kier molecular flexibility index (Phi) is 10.1. The lowest BCUT2D eigenvalue weighted by Crippen LogP contribution is -2.34. The summed E-state index contributed by atoms with van der Waals surface area (Å²) in [6, 6.07) is 6.91. The van der Waals surface area contributed by atoms with Gasteiger partial charge in [-0.1, -0.05) is 24.0 Å². The number of thiazole rings is 1. The van der Waals surface area contributed by atoms with E-state index in [1.807, 2.05) is 28.8 Å². The Morgan fingerprint density at radius 1 is 1.19 bits per heavy atom. The number of aliphatic hydroxyl groups excluding tert-OH is 1. The molecule has 0 radical (unpaired) electrons. The number of allylic oxidation sites excluding steroid dienone is 5. The SMILES string of the molecule is CC1=C(C#Cc2ccc(CN3CCC(CO)CC3)cc2)C=C(C(F)F)/C(=C/NC(C(=O)Nc2nccs2)c2ncn3c2CCC3)C1=N. The third-order valence-electron chi connectivity index (χ3n) is 8.94. The number of piperidine rings is 1. The van der Waals surface area contributed by atoms with Crippen molar-refractivity contribution in [1.82, 2.24) is 24.8 Å². The molecule has 1 aliphatic carbocycles. The van der Waals surface area contributed by atoms with E-state index >= 15 is 0 Å². The molecule has 1 amide bonds. The van der Waals surface area contributed by atoms with E-state index < -0.39 is 18.4 Å². The number of aryl methyl sites for hydroxylation is 1. The minimum Gasteiger partial charge on any atom is -0.396 e. The molecule has 3 aliphatic rings. The second-order valence-electron chi connectivity index (χ2n) is 12.0. The lowest BCUT2D eigenvalue weighted by molar-refractivity contribution is -0.118. The number of halogens is 2. The highest BCUT2D eigenvalue weighted by atomic mass is 32.1.